The number of aliphatic hydroxyl groups is 1. The fourth-order valence-corrected chi connectivity index (χ4v) is 3.10. The van der Waals surface area contributed by atoms with Gasteiger partial charge in [-0.2, -0.15) is 0 Å². The van der Waals surface area contributed by atoms with Gasteiger partial charge >= 0.3 is 0 Å². The average Bonchev–Trinajstić information content (AvgIpc) is 2.01. The molecule has 74 valence electrons. The van der Waals surface area contributed by atoms with Crippen LogP contribution in [0.1, 0.15) is 33.6 Å². The van der Waals surface area contributed by atoms with Crippen LogP contribution < -0.4 is 0 Å². The quantitative estimate of drug-likeness (QED) is 0.443. The van der Waals surface area contributed by atoms with Crippen molar-refractivity contribution in [3.63, 3.8) is 0 Å². The third kappa shape index (κ3) is 0.909. The molecule has 2 N–H and O–H groups in total. The van der Waals surface area contributed by atoms with Crippen LogP contribution >= 0.6 is 0 Å². The van der Waals surface area contributed by atoms with Gasteiger partial charge in [-0.15, -0.1) is 0 Å². The van der Waals surface area contributed by atoms with Crippen LogP contribution in [0.3, 0.4) is 0 Å². The Balaban J connectivity index is 2.34. The van der Waals surface area contributed by atoms with Crippen molar-refractivity contribution in [2.75, 3.05) is 0 Å². The highest BCUT2D eigenvalue weighted by Crippen LogP contribution is 2.61. The van der Waals surface area contributed by atoms with Crippen molar-refractivity contribution in [3.8, 4) is 0 Å². The van der Waals surface area contributed by atoms with Crippen LogP contribution in [0.15, 0.2) is 5.16 Å². The summed E-state index contributed by atoms with van der Waals surface area (Å²) in [6.07, 6.45) is 1.81. The summed E-state index contributed by atoms with van der Waals surface area (Å²) in [7, 11) is 0. The second-order valence-electron chi connectivity index (χ2n) is 5.20. The normalized spacial score (nSPS) is 50.3. The van der Waals surface area contributed by atoms with Crippen molar-refractivity contribution in [2.45, 2.75) is 39.2 Å². The van der Waals surface area contributed by atoms with Gasteiger partial charge in [0, 0.05) is 0 Å². The van der Waals surface area contributed by atoms with E-state index >= 15 is 0 Å². The van der Waals surface area contributed by atoms with E-state index in [1.807, 2.05) is 0 Å². The third-order valence-electron chi connectivity index (χ3n) is 4.29. The van der Waals surface area contributed by atoms with Crippen LogP contribution in [0.25, 0.3) is 0 Å². The molecule has 0 amide bonds. The highest BCUT2D eigenvalue weighted by atomic mass is 16.4. The molecule has 0 aromatic heterocycles. The molecular formula is C10H17NO2. The summed E-state index contributed by atoms with van der Waals surface area (Å²) in [5.41, 5.74) is -0.127. The molecule has 3 aliphatic rings. The van der Waals surface area contributed by atoms with E-state index in [1.54, 1.807) is 6.92 Å². The summed E-state index contributed by atoms with van der Waals surface area (Å²) in [5, 5.41) is 22.2. The molecule has 13 heavy (non-hydrogen) atoms. The molecule has 3 unspecified atom stereocenters. The summed E-state index contributed by atoms with van der Waals surface area (Å²) < 4.78 is 0. The lowest BCUT2D eigenvalue weighted by molar-refractivity contribution is -0.135. The largest absolute Gasteiger partial charge is 0.411 e. The van der Waals surface area contributed by atoms with E-state index in [0.717, 1.165) is 12.8 Å². The molecule has 3 nitrogen and oxygen atoms in total. The first-order valence-corrected chi connectivity index (χ1v) is 4.84. The monoisotopic (exact) mass is 183 g/mol. The Hall–Kier alpha value is -0.570. The van der Waals surface area contributed by atoms with Crippen LogP contribution in [0.5, 0.6) is 0 Å². The van der Waals surface area contributed by atoms with Crippen molar-refractivity contribution >= 4 is 5.71 Å². The van der Waals surface area contributed by atoms with Crippen LogP contribution in [0.2, 0.25) is 0 Å². The zero-order chi connectivity index (χ0) is 9.85. The number of nitrogens with zero attached hydrogens (tertiary/aromatic N) is 1. The lowest BCUT2D eigenvalue weighted by Gasteiger charge is -2.62. The van der Waals surface area contributed by atoms with Gasteiger partial charge in [0.05, 0.1) is 5.71 Å². The van der Waals surface area contributed by atoms with E-state index < -0.39 is 5.60 Å². The summed E-state index contributed by atoms with van der Waals surface area (Å²) in [4.78, 5) is 0. The molecule has 0 radical (unpaired) electrons. The number of oxime groups is 1. The predicted octanol–water partition coefficient (Wildman–Crippen LogP) is 1.63. The van der Waals surface area contributed by atoms with Crippen LogP contribution in [-0.2, 0) is 0 Å². The Morgan fingerprint density at radius 3 is 2.38 bits per heavy atom. The van der Waals surface area contributed by atoms with Crippen molar-refractivity contribution < 1.29 is 10.3 Å². The van der Waals surface area contributed by atoms with Gasteiger partial charge in [0.2, 0.25) is 0 Å². The molecule has 0 aromatic carbocycles. The first-order chi connectivity index (χ1) is 5.90. The number of fused-ring (bicyclic) bond motifs is 2. The smallest absolute Gasteiger partial charge is 0.106 e. The molecule has 2 bridgehead atoms. The molecule has 0 aromatic rings. The molecule has 3 atom stereocenters. The minimum absolute atomic E-state index is 0.206. The SMILES string of the molecule is CC1(O)C(=NO)CC2CC1C2(C)C. The van der Waals surface area contributed by atoms with Crippen molar-refractivity contribution in [3.05, 3.63) is 0 Å². The van der Waals surface area contributed by atoms with Gasteiger partial charge in [-0.1, -0.05) is 19.0 Å². The topological polar surface area (TPSA) is 52.8 Å². The Kier molecular flexibility index (Phi) is 1.57. The molecule has 0 aliphatic heterocycles. The molecule has 0 spiro atoms. The summed E-state index contributed by atoms with van der Waals surface area (Å²) in [6.45, 7) is 6.15. The predicted molar refractivity (Wildman–Crippen MR) is 49.8 cm³/mol. The Labute approximate surface area is 78.4 Å². The first kappa shape index (κ1) is 9.00. The van der Waals surface area contributed by atoms with Crippen molar-refractivity contribution in [2.24, 2.45) is 22.4 Å². The van der Waals surface area contributed by atoms with Gasteiger partial charge in [-0.05, 0) is 37.0 Å². The minimum Gasteiger partial charge on any atom is -0.411 e. The highest BCUT2D eigenvalue weighted by Gasteiger charge is 2.61. The Morgan fingerprint density at radius 1 is 1.38 bits per heavy atom. The fourth-order valence-electron chi connectivity index (χ4n) is 3.10. The fraction of sp³-hybridized carbons (Fsp3) is 0.900. The summed E-state index contributed by atoms with van der Waals surface area (Å²) >= 11 is 0. The molecule has 0 heterocycles. The Morgan fingerprint density at radius 2 is 2.00 bits per heavy atom. The number of hydrogen-bond donors (Lipinski definition) is 2. The Bertz CT molecular complexity index is 268. The van der Waals surface area contributed by atoms with E-state index in [1.165, 1.54) is 0 Å². The van der Waals surface area contributed by atoms with E-state index in [9.17, 15) is 5.11 Å². The van der Waals surface area contributed by atoms with Gasteiger partial charge < -0.3 is 10.3 Å². The molecule has 3 saturated carbocycles. The minimum atomic E-state index is -0.896. The number of rotatable bonds is 0. The summed E-state index contributed by atoms with van der Waals surface area (Å²) in [6, 6.07) is 0. The van der Waals surface area contributed by atoms with Gasteiger partial charge in [0.15, 0.2) is 0 Å². The summed E-state index contributed by atoms with van der Waals surface area (Å²) in [5.74, 6) is 0.841. The average molecular weight is 183 g/mol. The highest BCUT2D eigenvalue weighted by molar-refractivity contribution is 5.94. The van der Waals surface area contributed by atoms with E-state index in [4.69, 9.17) is 5.21 Å². The maximum absolute atomic E-state index is 10.2. The van der Waals surface area contributed by atoms with Gasteiger partial charge in [0.25, 0.3) is 0 Å². The van der Waals surface area contributed by atoms with Crippen molar-refractivity contribution in [1.29, 1.82) is 0 Å². The molecule has 3 fully saturated rings. The second kappa shape index (κ2) is 2.27. The van der Waals surface area contributed by atoms with Gasteiger partial charge in [-0.25, -0.2) is 0 Å². The van der Waals surface area contributed by atoms with E-state index in [2.05, 4.69) is 19.0 Å². The zero-order valence-electron chi connectivity index (χ0n) is 8.41. The number of hydrogen-bond acceptors (Lipinski definition) is 3. The van der Waals surface area contributed by atoms with Gasteiger partial charge in [0.1, 0.15) is 5.60 Å². The van der Waals surface area contributed by atoms with E-state index in [0.29, 0.717) is 11.6 Å². The molecule has 3 heteroatoms. The first-order valence-electron chi connectivity index (χ1n) is 4.84. The maximum Gasteiger partial charge on any atom is 0.106 e. The lowest BCUT2D eigenvalue weighted by atomic mass is 9.44. The van der Waals surface area contributed by atoms with E-state index in [-0.39, 0.29) is 11.3 Å². The maximum atomic E-state index is 10.2. The third-order valence-corrected chi connectivity index (χ3v) is 4.29. The molecule has 0 saturated heterocycles. The lowest BCUT2D eigenvalue weighted by Crippen LogP contribution is -2.64. The second-order valence-corrected chi connectivity index (χ2v) is 5.20. The van der Waals surface area contributed by atoms with Gasteiger partial charge in [-0.3, -0.25) is 0 Å². The van der Waals surface area contributed by atoms with Crippen LogP contribution in [-0.4, -0.2) is 21.6 Å². The standard InChI is InChI=1S/C10H17NO2/c1-9(2)6-4-7(9)10(3,12)8(5-6)11-13/h6-7,12-13H,4-5H2,1-3H3. The van der Waals surface area contributed by atoms with Crippen LogP contribution in [0.4, 0.5) is 0 Å². The molecular weight excluding hydrogens is 166 g/mol. The van der Waals surface area contributed by atoms with Crippen LogP contribution in [0, 0.1) is 17.3 Å². The molecule has 3 aliphatic carbocycles. The zero-order valence-corrected chi connectivity index (χ0v) is 8.41. The van der Waals surface area contributed by atoms with Crippen molar-refractivity contribution in [1.82, 2.24) is 0 Å². The molecule has 3 rings (SSSR count).